The average Bonchev–Trinajstić information content (AvgIpc) is 2.99. The number of hydrogen-bond acceptors (Lipinski definition) is 9. The maximum Gasteiger partial charge on any atom is 0.422 e. The van der Waals surface area contributed by atoms with E-state index in [2.05, 4.69) is 14.4 Å². The highest BCUT2D eigenvalue weighted by atomic mass is 32.2. The molecule has 0 spiro atoms. The summed E-state index contributed by atoms with van der Waals surface area (Å²) in [5.41, 5.74) is 0.488. The molecule has 1 heterocycles. The second-order valence-corrected chi connectivity index (χ2v) is 13.8. The molecule has 3 aromatic rings. The third-order valence-electron chi connectivity index (χ3n) is 7.75. The molecule has 0 fully saturated rings. The first kappa shape index (κ1) is 31.9. The Morgan fingerprint density at radius 2 is 1.64 bits per heavy atom. The van der Waals surface area contributed by atoms with Crippen molar-refractivity contribution in [2.75, 3.05) is 10.0 Å². The molecule has 5 rings (SSSR count). The van der Waals surface area contributed by atoms with Gasteiger partial charge in [-0.1, -0.05) is 81.3 Å². The van der Waals surface area contributed by atoms with Gasteiger partial charge in [-0.15, -0.1) is 4.40 Å². The Morgan fingerprint density at radius 1 is 0.978 bits per heavy atom. The molecular weight excluding hydrogens is 620 g/mol. The average molecular weight is 653 g/mol. The number of hydrogen-bond donors (Lipinski definition) is 3. The number of amidine groups is 1. The van der Waals surface area contributed by atoms with E-state index in [1.54, 1.807) is 59.3 Å². The minimum Gasteiger partial charge on any atom is -0.444 e. The first-order valence-electron chi connectivity index (χ1n) is 14.4. The Morgan fingerprint density at radius 3 is 2.33 bits per heavy atom. The van der Waals surface area contributed by atoms with Crippen molar-refractivity contribution >= 4 is 55.1 Å². The van der Waals surface area contributed by atoms with Crippen LogP contribution in [0.5, 0.6) is 0 Å². The number of anilines is 2. The normalized spacial score (nSPS) is 18.1. The SMILES string of the molecule is CCCC1(CCC)C(=O)C(C2=NS(=O)(=O)c3cc(NS(=O)(=O)NC(=O)OCc4ccccc4)ccc3N2)C(=O)c2ccccc21. The minimum absolute atomic E-state index is 0.00854. The lowest BCUT2D eigenvalue weighted by Crippen LogP contribution is -2.52. The van der Waals surface area contributed by atoms with Crippen molar-refractivity contribution in [2.24, 2.45) is 10.3 Å². The smallest absolute Gasteiger partial charge is 0.422 e. The van der Waals surface area contributed by atoms with Crippen LogP contribution in [0, 0.1) is 5.92 Å². The summed E-state index contributed by atoms with van der Waals surface area (Å²) in [4.78, 5) is 39.6. The van der Waals surface area contributed by atoms with Gasteiger partial charge in [-0.3, -0.25) is 14.3 Å². The lowest BCUT2D eigenvalue weighted by Gasteiger charge is -2.41. The second-order valence-electron chi connectivity index (χ2n) is 10.8. The van der Waals surface area contributed by atoms with Crippen LogP contribution in [0.4, 0.5) is 16.2 Å². The minimum atomic E-state index is -4.51. The number of amides is 1. The number of Topliss-reactive ketones (excluding diaryl/α,β-unsaturated/α-hetero) is 2. The summed E-state index contributed by atoms with van der Waals surface area (Å²) in [5, 5.41) is 2.85. The third-order valence-corrected chi connectivity index (χ3v) is 10.0. The molecule has 0 radical (unpaired) electrons. The largest absolute Gasteiger partial charge is 0.444 e. The van der Waals surface area contributed by atoms with Crippen LogP contribution in [0.3, 0.4) is 0 Å². The van der Waals surface area contributed by atoms with Gasteiger partial charge in [-0.05, 0) is 42.2 Å². The van der Waals surface area contributed by atoms with Crippen LogP contribution in [0.2, 0.25) is 0 Å². The van der Waals surface area contributed by atoms with Gasteiger partial charge < -0.3 is 10.1 Å². The van der Waals surface area contributed by atoms with E-state index in [1.807, 2.05) is 13.8 Å². The molecule has 45 heavy (non-hydrogen) atoms. The van der Waals surface area contributed by atoms with E-state index >= 15 is 0 Å². The predicted molar refractivity (Wildman–Crippen MR) is 168 cm³/mol. The zero-order chi connectivity index (χ0) is 32.4. The number of nitrogens with zero attached hydrogens (tertiary/aromatic N) is 1. The van der Waals surface area contributed by atoms with Crippen LogP contribution in [0.25, 0.3) is 0 Å². The Balaban J connectivity index is 1.39. The predicted octanol–water partition coefficient (Wildman–Crippen LogP) is 4.70. The van der Waals surface area contributed by atoms with E-state index in [1.165, 1.54) is 12.1 Å². The van der Waals surface area contributed by atoms with Crippen LogP contribution in [0.1, 0.15) is 61.0 Å². The molecule has 236 valence electrons. The van der Waals surface area contributed by atoms with Gasteiger partial charge in [0, 0.05) is 5.56 Å². The first-order chi connectivity index (χ1) is 21.4. The van der Waals surface area contributed by atoms with Crippen molar-refractivity contribution in [2.45, 2.75) is 56.4 Å². The quantitative estimate of drug-likeness (QED) is 0.262. The second kappa shape index (κ2) is 12.4. The molecule has 1 amide bonds. The lowest BCUT2D eigenvalue weighted by atomic mass is 9.60. The van der Waals surface area contributed by atoms with Crippen LogP contribution in [-0.4, -0.2) is 40.3 Å². The summed E-state index contributed by atoms with van der Waals surface area (Å²) >= 11 is 0. The molecule has 0 saturated carbocycles. The first-order valence-corrected chi connectivity index (χ1v) is 17.3. The van der Waals surface area contributed by atoms with Crippen molar-refractivity contribution < 1.29 is 36.0 Å². The number of fused-ring (bicyclic) bond motifs is 2. The molecule has 12 nitrogen and oxygen atoms in total. The number of rotatable bonds is 10. The van der Waals surface area contributed by atoms with E-state index in [0.29, 0.717) is 42.4 Å². The highest BCUT2D eigenvalue weighted by Gasteiger charge is 2.53. The number of benzene rings is 3. The fraction of sp³-hybridized carbons (Fsp3) is 0.290. The fourth-order valence-corrected chi connectivity index (χ4v) is 7.90. The highest BCUT2D eigenvalue weighted by Crippen LogP contribution is 2.45. The number of ether oxygens (including phenoxy) is 1. The Hall–Kier alpha value is -4.56. The van der Waals surface area contributed by atoms with Crippen molar-refractivity contribution in [1.29, 1.82) is 0 Å². The molecule has 3 aromatic carbocycles. The summed E-state index contributed by atoms with van der Waals surface area (Å²) < 4.78 is 64.5. The Bertz CT molecular complexity index is 1900. The summed E-state index contributed by atoms with van der Waals surface area (Å²) in [6, 6.07) is 19.1. The topological polar surface area (TPSA) is 177 Å². The van der Waals surface area contributed by atoms with E-state index in [-0.39, 0.29) is 28.7 Å². The molecule has 0 bridgehead atoms. The lowest BCUT2D eigenvalue weighted by molar-refractivity contribution is -0.126. The maximum atomic E-state index is 14.2. The molecule has 1 atom stereocenters. The summed E-state index contributed by atoms with van der Waals surface area (Å²) in [6.45, 7) is 3.73. The fourth-order valence-electron chi connectivity index (χ4n) is 5.95. The number of sulfonamides is 1. The number of ketones is 2. The summed E-state index contributed by atoms with van der Waals surface area (Å²) in [6.07, 6.45) is 1.06. The summed E-state index contributed by atoms with van der Waals surface area (Å²) in [5.74, 6) is -2.72. The van der Waals surface area contributed by atoms with Gasteiger partial charge in [0.2, 0.25) is 0 Å². The molecule has 2 aliphatic rings. The van der Waals surface area contributed by atoms with Crippen LogP contribution < -0.4 is 14.8 Å². The molecule has 14 heteroatoms. The molecule has 3 N–H and O–H groups in total. The molecule has 1 unspecified atom stereocenters. The molecular formula is C31H32N4O8S2. The number of carbonyl (C=O) groups excluding carboxylic acids is 3. The maximum absolute atomic E-state index is 14.2. The van der Waals surface area contributed by atoms with E-state index in [0.717, 1.165) is 6.07 Å². The Kier molecular flexibility index (Phi) is 8.81. The molecule has 0 saturated heterocycles. The van der Waals surface area contributed by atoms with Gasteiger partial charge in [0.25, 0.3) is 10.0 Å². The third kappa shape index (κ3) is 6.33. The monoisotopic (exact) mass is 652 g/mol. The Labute approximate surface area is 261 Å². The van der Waals surface area contributed by atoms with E-state index < -0.39 is 49.2 Å². The van der Waals surface area contributed by atoms with Crippen molar-refractivity contribution in [3.8, 4) is 0 Å². The highest BCUT2D eigenvalue weighted by molar-refractivity contribution is 7.91. The van der Waals surface area contributed by atoms with Crippen LogP contribution >= 0.6 is 0 Å². The molecule has 0 aromatic heterocycles. The van der Waals surface area contributed by atoms with Crippen molar-refractivity contribution in [3.05, 3.63) is 89.5 Å². The molecule has 1 aliphatic carbocycles. The standard InChI is InChI=1S/C31H32N4O8S2/c1-3-16-31(17-4-2)23-13-9-8-12-22(23)27(36)26(28(31)37)29-32-24-15-14-21(18-25(24)44(39,40)34-29)33-45(41,42)35-30(38)43-19-20-10-6-5-7-11-20/h5-15,18,26,33H,3-4,16-17,19H2,1-2H3,(H,32,34)(H,35,38). The zero-order valence-corrected chi connectivity index (χ0v) is 26.2. The zero-order valence-electron chi connectivity index (χ0n) is 24.6. The van der Waals surface area contributed by atoms with Gasteiger partial charge >= 0.3 is 16.3 Å². The van der Waals surface area contributed by atoms with Gasteiger partial charge in [0.15, 0.2) is 11.6 Å². The van der Waals surface area contributed by atoms with Gasteiger partial charge in [-0.2, -0.15) is 16.8 Å². The van der Waals surface area contributed by atoms with E-state index in [9.17, 15) is 31.2 Å². The van der Waals surface area contributed by atoms with Gasteiger partial charge in [-0.25, -0.2) is 9.52 Å². The number of carbonyl (C=O) groups is 3. The van der Waals surface area contributed by atoms with Crippen LogP contribution in [0.15, 0.2) is 82.1 Å². The van der Waals surface area contributed by atoms with Gasteiger partial charge in [0.1, 0.15) is 23.3 Å². The van der Waals surface area contributed by atoms with E-state index in [4.69, 9.17) is 4.74 Å². The number of nitrogens with one attached hydrogen (secondary N) is 3. The molecule has 1 aliphatic heterocycles. The van der Waals surface area contributed by atoms with Crippen LogP contribution in [-0.2, 0) is 41.8 Å². The van der Waals surface area contributed by atoms with Gasteiger partial charge in [0.05, 0.1) is 16.8 Å². The summed E-state index contributed by atoms with van der Waals surface area (Å²) in [7, 11) is -9.00. The van der Waals surface area contributed by atoms with Crippen molar-refractivity contribution in [1.82, 2.24) is 4.72 Å². The van der Waals surface area contributed by atoms with Crippen molar-refractivity contribution in [3.63, 3.8) is 0 Å².